The van der Waals surface area contributed by atoms with Crippen molar-refractivity contribution in [3.8, 4) is 56.4 Å². The van der Waals surface area contributed by atoms with Gasteiger partial charge in [0, 0.05) is 58.4 Å². The summed E-state index contributed by atoms with van der Waals surface area (Å²) in [4.78, 5) is 16.2. The first-order valence-corrected chi connectivity index (χ1v) is 22.4. The standard InChI is InChI=1S/C58H36N4S/c1-58(2)45-20-7-5-17-42(45)51-43(19-10-21-46(51)58)57-60-55(37-15-9-14-35(31-37)36-25-24-33-12-3-4-13-34(33)30-36)59-56(61-57)38-26-28-48-44(32-38)40-18-11-23-49-52(40)53-50(63-49)29-27-41-39-16-6-8-22-47(39)62(48)54(41)53/h3-32H,1-2H3. The van der Waals surface area contributed by atoms with Gasteiger partial charge in [-0.05, 0) is 98.1 Å². The number of aromatic nitrogens is 4. The molecule has 4 nitrogen and oxygen atoms in total. The molecule has 63 heavy (non-hydrogen) atoms. The van der Waals surface area contributed by atoms with Crippen molar-refractivity contribution in [2.75, 3.05) is 0 Å². The lowest BCUT2D eigenvalue weighted by Gasteiger charge is -2.21. The van der Waals surface area contributed by atoms with E-state index in [0.29, 0.717) is 17.5 Å². The second-order valence-electron chi connectivity index (χ2n) is 17.5. The molecule has 5 heteroatoms. The highest BCUT2D eigenvalue weighted by molar-refractivity contribution is 7.26. The Labute approximate surface area is 366 Å². The lowest BCUT2D eigenvalue weighted by molar-refractivity contribution is 0.660. The molecule has 0 atom stereocenters. The summed E-state index contributed by atoms with van der Waals surface area (Å²) in [6.45, 7) is 4.64. The number of para-hydroxylation sites is 1. The fourth-order valence-corrected chi connectivity index (χ4v) is 12.0. The van der Waals surface area contributed by atoms with Crippen LogP contribution in [0.2, 0.25) is 0 Å². The lowest BCUT2D eigenvalue weighted by atomic mass is 9.82. The summed E-state index contributed by atoms with van der Waals surface area (Å²) in [7, 11) is 0. The van der Waals surface area contributed by atoms with Crippen molar-refractivity contribution in [3.63, 3.8) is 0 Å². The van der Waals surface area contributed by atoms with Crippen LogP contribution in [0, 0.1) is 0 Å². The van der Waals surface area contributed by atoms with Crippen molar-refractivity contribution in [1.29, 1.82) is 0 Å². The van der Waals surface area contributed by atoms with Crippen LogP contribution in [0.25, 0.3) is 125 Å². The predicted octanol–water partition coefficient (Wildman–Crippen LogP) is 15.5. The molecule has 0 fully saturated rings. The van der Waals surface area contributed by atoms with Gasteiger partial charge in [-0.3, -0.25) is 0 Å². The minimum atomic E-state index is -0.161. The molecule has 0 radical (unpaired) electrons. The van der Waals surface area contributed by atoms with Crippen LogP contribution < -0.4 is 0 Å². The normalized spacial score (nSPS) is 13.4. The third-order valence-corrected chi connectivity index (χ3v) is 14.9. The Kier molecular flexibility index (Phi) is 7.02. The summed E-state index contributed by atoms with van der Waals surface area (Å²) < 4.78 is 5.09. The molecule has 294 valence electrons. The first-order chi connectivity index (χ1) is 31.0. The van der Waals surface area contributed by atoms with Gasteiger partial charge in [0.05, 0.1) is 16.6 Å². The molecular formula is C58H36N4S. The van der Waals surface area contributed by atoms with Crippen LogP contribution in [0.5, 0.6) is 0 Å². The number of fused-ring (bicyclic) bond motifs is 10. The van der Waals surface area contributed by atoms with E-state index in [1.165, 1.54) is 80.4 Å². The van der Waals surface area contributed by atoms with Gasteiger partial charge >= 0.3 is 0 Å². The second-order valence-corrected chi connectivity index (χ2v) is 18.6. The van der Waals surface area contributed by atoms with E-state index in [1.807, 2.05) is 11.3 Å². The van der Waals surface area contributed by atoms with Gasteiger partial charge in [0.25, 0.3) is 0 Å². The average Bonchev–Trinajstić information content (AvgIpc) is 3.93. The highest BCUT2D eigenvalue weighted by Gasteiger charge is 2.37. The van der Waals surface area contributed by atoms with Gasteiger partial charge in [-0.1, -0.05) is 147 Å². The van der Waals surface area contributed by atoms with Crippen molar-refractivity contribution in [2.24, 2.45) is 0 Å². The molecule has 4 aromatic heterocycles. The molecule has 1 aliphatic carbocycles. The van der Waals surface area contributed by atoms with Crippen molar-refractivity contribution in [3.05, 3.63) is 193 Å². The van der Waals surface area contributed by atoms with E-state index in [4.69, 9.17) is 15.0 Å². The zero-order valence-corrected chi connectivity index (χ0v) is 35.3. The van der Waals surface area contributed by atoms with E-state index in [9.17, 15) is 0 Å². The second kappa shape index (κ2) is 12.7. The van der Waals surface area contributed by atoms with E-state index in [2.05, 4.69) is 200 Å². The van der Waals surface area contributed by atoms with Crippen LogP contribution in [-0.2, 0) is 5.41 Å². The maximum atomic E-state index is 5.45. The van der Waals surface area contributed by atoms with E-state index >= 15 is 0 Å². The maximum Gasteiger partial charge on any atom is 0.164 e. The van der Waals surface area contributed by atoms with Crippen LogP contribution >= 0.6 is 11.3 Å². The fraction of sp³-hybridized carbons (Fsp3) is 0.0517. The molecule has 0 N–H and O–H groups in total. The minimum Gasteiger partial charge on any atom is -0.308 e. The molecule has 0 spiro atoms. The van der Waals surface area contributed by atoms with Gasteiger partial charge in [0.15, 0.2) is 17.5 Å². The van der Waals surface area contributed by atoms with Crippen LogP contribution in [0.15, 0.2) is 182 Å². The summed E-state index contributed by atoms with van der Waals surface area (Å²) in [5.41, 5.74) is 13.7. The first-order valence-electron chi connectivity index (χ1n) is 21.6. The molecule has 1 aliphatic rings. The van der Waals surface area contributed by atoms with Crippen molar-refractivity contribution < 1.29 is 0 Å². The topological polar surface area (TPSA) is 43.1 Å². The smallest absolute Gasteiger partial charge is 0.164 e. The number of thiophene rings is 1. The number of rotatable bonds is 4. The third-order valence-electron chi connectivity index (χ3n) is 13.8. The molecule has 9 aromatic carbocycles. The summed E-state index contributed by atoms with van der Waals surface area (Å²) >= 11 is 1.88. The van der Waals surface area contributed by atoms with Crippen LogP contribution in [0.3, 0.4) is 0 Å². The maximum absolute atomic E-state index is 5.45. The summed E-state index contributed by atoms with van der Waals surface area (Å²) in [5, 5.41) is 10.0. The minimum absolute atomic E-state index is 0.161. The molecule has 0 bridgehead atoms. The van der Waals surface area contributed by atoms with E-state index in [0.717, 1.165) is 38.7 Å². The Morgan fingerprint density at radius 1 is 0.413 bits per heavy atom. The Balaban J connectivity index is 1.04. The Hall–Kier alpha value is -7.73. The average molecular weight is 821 g/mol. The van der Waals surface area contributed by atoms with Crippen LogP contribution in [-0.4, -0.2) is 19.4 Å². The lowest BCUT2D eigenvalue weighted by Crippen LogP contribution is -2.14. The van der Waals surface area contributed by atoms with Crippen LogP contribution in [0.1, 0.15) is 25.0 Å². The summed E-state index contributed by atoms with van der Waals surface area (Å²) in [5.74, 6) is 1.95. The van der Waals surface area contributed by atoms with Gasteiger partial charge in [-0.25, -0.2) is 15.0 Å². The van der Waals surface area contributed by atoms with E-state index in [1.54, 1.807) is 0 Å². The number of hydrogen-bond acceptors (Lipinski definition) is 4. The van der Waals surface area contributed by atoms with Gasteiger partial charge in [0.2, 0.25) is 0 Å². The van der Waals surface area contributed by atoms with Crippen molar-refractivity contribution in [1.82, 2.24) is 19.4 Å². The van der Waals surface area contributed by atoms with E-state index < -0.39 is 0 Å². The molecule has 0 aliphatic heterocycles. The summed E-state index contributed by atoms with van der Waals surface area (Å²) in [6, 6.07) is 66.3. The number of nitrogens with zero attached hydrogens (tertiary/aromatic N) is 4. The Morgan fingerprint density at radius 2 is 1.06 bits per heavy atom. The highest BCUT2D eigenvalue weighted by atomic mass is 32.1. The van der Waals surface area contributed by atoms with Gasteiger partial charge in [-0.2, -0.15) is 0 Å². The van der Waals surface area contributed by atoms with Gasteiger partial charge in [-0.15, -0.1) is 11.3 Å². The number of hydrogen-bond donors (Lipinski definition) is 0. The Morgan fingerprint density at radius 3 is 1.98 bits per heavy atom. The fourth-order valence-electron chi connectivity index (χ4n) is 10.8. The monoisotopic (exact) mass is 820 g/mol. The van der Waals surface area contributed by atoms with Crippen molar-refractivity contribution in [2.45, 2.75) is 19.3 Å². The highest BCUT2D eigenvalue weighted by Crippen LogP contribution is 2.52. The molecule has 4 heterocycles. The molecule has 14 rings (SSSR count). The molecule has 13 aromatic rings. The number of benzene rings is 9. The molecular weight excluding hydrogens is 785 g/mol. The zero-order valence-electron chi connectivity index (χ0n) is 34.5. The van der Waals surface area contributed by atoms with Crippen molar-refractivity contribution >= 4 is 80.4 Å². The van der Waals surface area contributed by atoms with Gasteiger partial charge in [0.1, 0.15) is 0 Å². The largest absolute Gasteiger partial charge is 0.308 e. The Bertz CT molecular complexity index is 4080. The zero-order chi connectivity index (χ0) is 41.6. The molecule has 0 unspecified atom stereocenters. The van der Waals surface area contributed by atoms with Crippen LogP contribution in [0.4, 0.5) is 0 Å². The quantitative estimate of drug-likeness (QED) is 0.178. The molecule has 0 amide bonds. The molecule has 0 saturated heterocycles. The predicted molar refractivity (Wildman–Crippen MR) is 264 cm³/mol. The first kappa shape index (κ1) is 34.9. The van der Waals surface area contributed by atoms with E-state index in [-0.39, 0.29) is 5.41 Å². The SMILES string of the molecule is CC1(C)c2ccccc2-c2c(-c3nc(-c4cccc(-c5ccc6ccccc6c5)c4)nc(-c4ccc5c(c4)c4cccc6sc7ccc8c9ccccc9n5c8c7c64)n3)cccc21. The summed E-state index contributed by atoms with van der Waals surface area (Å²) in [6.07, 6.45) is 0. The third kappa shape index (κ3) is 4.88. The molecule has 0 saturated carbocycles. The van der Waals surface area contributed by atoms with Gasteiger partial charge < -0.3 is 4.40 Å².